The van der Waals surface area contributed by atoms with Gasteiger partial charge in [0.15, 0.2) is 5.89 Å². The van der Waals surface area contributed by atoms with E-state index in [1.165, 1.54) is 24.3 Å². The van der Waals surface area contributed by atoms with Gasteiger partial charge in [-0.25, -0.2) is 4.98 Å². The van der Waals surface area contributed by atoms with E-state index in [1.807, 2.05) is 18.7 Å². The molecule has 1 aliphatic heterocycles. The minimum Gasteiger partial charge on any atom is -0.444 e. The molecule has 2 heterocycles. The van der Waals surface area contributed by atoms with Gasteiger partial charge < -0.3 is 10.2 Å². The summed E-state index contributed by atoms with van der Waals surface area (Å²) in [5, 5.41) is 0. The van der Waals surface area contributed by atoms with Gasteiger partial charge in [0.05, 0.1) is 12.2 Å². The van der Waals surface area contributed by atoms with Crippen LogP contribution in [-0.2, 0) is 0 Å². The van der Waals surface area contributed by atoms with Crippen molar-refractivity contribution in [2.24, 2.45) is 5.73 Å². The number of aromatic nitrogens is 1. The Morgan fingerprint density at radius 3 is 2.86 bits per heavy atom. The van der Waals surface area contributed by atoms with Crippen LogP contribution in [0.3, 0.4) is 0 Å². The van der Waals surface area contributed by atoms with Crippen molar-refractivity contribution in [1.82, 2.24) is 4.98 Å². The molecule has 14 heavy (non-hydrogen) atoms. The molecule has 3 nitrogen and oxygen atoms in total. The summed E-state index contributed by atoms with van der Waals surface area (Å²) in [6.45, 7) is 1.92. The van der Waals surface area contributed by atoms with Crippen LogP contribution in [0.25, 0.3) is 0 Å². The van der Waals surface area contributed by atoms with Gasteiger partial charge in [-0.2, -0.15) is 11.8 Å². The molecule has 1 atom stereocenters. The van der Waals surface area contributed by atoms with Crippen molar-refractivity contribution >= 4 is 11.8 Å². The van der Waals surface area contributed by atoms with Crippen LogP contribution in [0.2, 0.25) is 0 Å². The Hall–Kier alpha value is -0.480. The zero-order valence-electron chi connectivity index (χ0n) is 8.40. The van der Waals surface area contributed by atoms with E-state index >= 15 is 0 Å². The summed E-state index contributed by atoms with van der Waals surface area (Å²) < 4.78 is 5.64. The Morgan fingerprint density at radius 2 is 2.29 bits per heavy atom. The van der Waals surface area contributed by atoms with Crippen LogP contribution >= 0.6 is 11.8 Å². The Morgan fingerprint density at radius 1 is 1.57 bits per heavy atom. The molecule has 0 amide bonds. The molecule has 2 N–H and O–H groups in total. The smallest absolute Gasteiger partial charge is 0.197 e. The third-order valence-corrected chi connectivity index (χ3v) is 3.61. The number of hydrogen-bond acceptors (Lipinski definition) is 4. The molecule has 1 unspecified atom stereocenters. The van der Waals surface area contributed by atoms with Gasteiger partial charge in [-0.15, -0.1) is 0 Å². The van der Waals surface area contributed by atoms with E-state index in [1.54, 1.807) is 6.20 Å². The first-order chi connectivity index (χ1) is 6.77. The highest BCUT2D eigenvalue weighted by molar-refractivity contribution is 7.99. The van der Waals surface area contributed by atoms with Gasteiger partial charge >= 0.3 is 0 Å². The first-order valence-electron chi connectivity index (χ1n) is 5.06. The van der Waals surface area contributed by atoms with Crippen molar-refractivity contribution in [3.05, 3.63) is 17.8 Å². The van der Waals surface area contributed by atoms with Crippen molar-refractivity contribution in [3.63, 3.8) is 0 Å². The maximum absolute atomic E-state index is 5.72. The lowest BCUT2D eigenvalue weighted by Crippen LogP contribution is -2.08. The summed E-state index contributed by atoms with van der Waals surface area (Å²) in [4.78, 5) is 4.31. The number of hydrogen-bond donors (Lipinski definition) is 1. The van der Waals surface area contributed by atoms with Crippen LogP contribution in [0, 0.1) is 0 Å². The van der Waals surface area contributed by atoms with E-state index in [0.717, 1.165) is 11.7 Å². The second-order valence-electron chi connectivity index (χ2n) is 3.78. The topological polar surface area (TPSA) is 52.0 Å². The molecule has 4 heteroatoms. The zero-order valence-corrected chi connectivity index (χ0v) is 9.22. The lowest BCUT2D eigenvalue weighted by atomic mass is 10.0. The third kappa shape index (κ3) is 2.12. The Kier molecular flexibility index (Phi) is 3.13. The predicted molar refractivity (Wildman–Crippen MR) is 58.4 cm³/mol. The SMILES string of the molecule is CC(N)c1cnc(C2CCSCC2)o1. The fourth-order valence-corrected chi connectivity index (χ4v) is 2.75. The molecule has 0 aliphatic carbocycles. The predicted octanol–water partition coefficient (Wildman–Crippen LogP) is 2.30. The lowest BCUT2D eigenvalue weighted by Gasteiger charge is -2.17. The summed E-state index contributed by atoms with van der Waals surface area (Å²) >= 11 is 2.01. The monoisotopic (exact) mass is 212 g/mol. The molecule has 1 fully saturated rings. The zero-order chi connectivity index (χ0) is 9.97. The highest BCUT2D eigenvalue weighted by Crippen LogP contribution is 2.31. The van der Waals surface area contributed by atoms with Gasteiger partial charge in [-0.05, 0) is 31.3 Å². The standard InChI is InChI=1S/C10H16N2OS/c1-7(11)9-6-12-10(13-9)8-2-4-14-5-3-8/h6-8H,2-5,11H2,1H3. The molecule has 0 aromatic carbocycles. The second-order valence-corrected chi connectivity index (χ2v) is 5.00. The molecule has 0 bridgehead atoms. The number of nitrogens with two attached hydrogens (primary N) is 1. The molecule has 1 aromatic heterocycles. The lowest BCUT2D eigenvalue weighted by molar-refractivity contribution is 0.392. The first-order valence-corrected chi connectivity index (χ1v) is 6.22. The molecule has 0 spiro atoms. The maximum atomic E-state index is 5.72. The minimum absolute atomic E-state index is 0.0470. The molecule has 0 radical (unpaired) electrons. The summed E-state index contributed by atoms with van der Waals surface area (Å²) in [7, 11) is 0. The van der Waals surface area contributed by atoms with Crippen molar-refractivity contribution in [2.75, 3.05) is 11.5 Å². The molecule has 78 valence electrons. The Labute approximate surface area is 88.5 Å². The summed E-state index contributed by atoms with van der Waals surface area (Å²) in [6, 6.07) is -0.0470. The van der Waals surface area contributed by atoms with Crippen LogP contribution in [-0.4, -0.2) is 16.5 Å². The van der Waals surface area contributed by atoms with Crippen LogP contribution in [0.4, 0.5) is 0 Å². The number of rotatable bonds is 2. The fourth-order valence-electron chi connectivity index (χ4n) is 1.64. The maximum Gasteiger partial charge on any atom is 0.197 e. The minimum atomic E-state index is -0.0470. The van der Waals surface area contributed by atoms with E-state index in [9.17, 15) is 0 Å². The van der Waals surface area contributed by atoms with Crippen LogP contribution in [0.5, 0.6) is 0 Å². The first kappa shape index (κ1) is 10.1. The quantitative estimate of drug-likeness (QED) is 0.817. The molecule has 1 aliphatic rings. The van der Waals surface area contributed by atoms with Crippen LogP contribution < -0.4 is 5.73 Å². The van der Waals surface area contributed by atoms with Gasteiger partial charge in [-0.3, -0.25) is 0 Å². The molecule has 0 saturated carbocycles. The van der Waals surface area contributed by atoms with Gasteiger partial charge in [0.25, 0.3) is 0 Å². The van der Waals surface area contributed by atoms with Crippen molar-refractivity contribution in [2.45, 2.75) is 31.7 Å². The van der Waals surface area contributed by atoms with E-state index in [4.69, 9.17) is 10.2 Å². The van der Waals surface area contributed by atoms with E-state index in [0.29, 0.717) is 5.92 Å². The molecule has 2 rings (SSSR count). The normalized spacial score (nSPS) is 21.0. The fraction of sp³-hybridized carbons (Fsp3) is 0.700. The van der Waals surface area contributed by atoms with E-state index < -0.39 is 0 Å². The largest absolute Gasteiger partial charge is 0.444 e. The van der Waals surface area contributed by atoms with Crippen molar-refractivity contribution < 1.29 is 4.42 Å². The Bertz CT molecular complexity index is 292. The highest BCUT2D eigenvalue weighted by Gasteiger charge is 2.21. The van der Waals surface area contributed by atoms with Gasteiger partial charge in [0.1, 0.15) is 5.76 Å². The van der Waals surface area contributed by atoms with Gasteiger partial charge in [0, 0.05) is 5.92 Å². The summed E-state index contributed by atoms with van der Waals surface area (Å²) in [6.07, 6.45) is 4.13. The summed E-state index contributed by atoms with van der Waals surface area (Å²) in [5.74, 6) is 4.65. The highest BCUT2D eigenvalue weighted by atomic mass is 32.2. The van der Waals surface area contributed by atoms with Crippen LogP contribution in [0.1, 0.15) is 43.4 Å². The van der Waals surface area contributed by atoms with Gasteiger partial charge in [0.2, 0.25) is 0 Å². The second kappa shape index (κ2) is 4.36. The summed E-state index contributed by atoms with van der Waals surface area (Å²) in [5.41, 5.74) is 5.72. The van der Waals surface area contributed by atoms with Crippen LogP contribution in [0.15, 0.2) is 10.6 Å². The molecule has 1 saturated heterocycles. The molecule has 1 aromatic rings. The average molecular weight is 212 g/mol. The molecular weight excluding hydrogens is 196 g/mol. The average Bonchev–Trinajstić information content (AvgIpc) is 2.68. The van der Waals surface area contributed by atoms with Gasteiger partial charge in [-0.1, -0.05) is 0 Å². The Balaban J connectivity index is 2.07. The van der Waals surface area contributed by atoms with Crippen molar-refractivity contribution in [3.8, 4) is 0 Å². The van der Waals surface area contributed by atoms with Crippen molar-refractivity contribution in [1.29, 1.82) is 0 Å². The number of nitrogens with zero attached hydrogens (tertiary/aromatic N) is 1. The third-order valence-electron chi connectivity index (χ3n) is 2.56. The van der Waals surface area contributed by atoms with E-state index in [2.05, 4.69) is 4.98 Å². The number of thioether (sulfide) groups is 1. The van der Waals surface area contributed by atoms with E-state index in [-0.39, 0.29) is 6.04 Å². The number of oxazole rings is 1. The molecular formula is C10H16N2OS.